The molecular weight excluding hydrogens is 432 g/mol. The van der Waals surface area contributed by atoms with Crippen molar-refractivity contribution >= 4 is 16.3 Å². The minimum Gasteiger partial charge on any atom is -0.0985 e. The Balaban J connectivity index is 1.57. The summed E-state index contributed by atoms with van der Waals surface area (Å²) in [5, 5.41) is 2.53. The van der Waals surface area contributed by atoms with E-state index in [1.54, 1.807) is 0 Å². The Hall–Kier alpha value is -4.16. The van der Waals surface area contributed by atoms with E-state index >= 15 is 0 Å². The number of hydrogen-bond acceptors (Lipinski definition) is 0. The number of allylic oxidation sites excluding steroid dienone is 3. The van der Waals surface area contributed by atoms with E-state index < -0.39 is 0 Å². The fraction of sp³-hybridized carbons (Fsp3) is 0.111. The van der Waals surface area contributed by atoms with Crippen LogP contribution in [0.1, 0.15) is 37.5 Å². The van der Waals surface area contributed by atoms with Crippen LogP contribution in [0.2, 0.25) is 0 Å². The maximum atomic E-state index is 4.08. The maximum Gasteiger partial charge on any atom is 0.0159 e. The van der Waals surface area contributed by atoms with Crippen molar-refractivity contribution < 1.29 is 0 Å². The molecule has 0 atom stereocenters. The monoisotopic (exact) mass is 462 g/mol. The highest BCUT2D eigenvalue weighted by Gasteiger charge is 2.35. The summed E-state index contributed by atoms with van der Waals surface area (Å²) in [5.74, 6) is 0. The molecule has 0 spiro atoms. The quantitative estimate of drug-likeness (QED) is 0.233. The molecule has 0 amide bonds. The van der Waals surface area contributed by atoms with E-state index in [2.05, 4.69) is 137 Å². The van der Waals surface area contributed by atoms with Crippen LogP contribution < -0.4 is 0 Å². The molecule has 0 saturated heterocycles. The van der Waals surface area contributed by atoms with Crippen molar-refractivity contribution in [3.05, 3.63) is 139 Å². The molecule has 0 bridgehead atoms. The standard InChI is InChI=1S/C36H30/c1-5-24(6-2)27-20-28(22-29(21-27)31-16-11-13-25-12-7-8-14-30(25)31)26-18-19-33-32-15-9-10-17-34(32)36(3,4)35(33)23-26/h5-23H,1H2,2-4H3/b24-6+. The highest BCUT2D eigenvalue weighted by atomic mass is 14.4. The Bertz CT molecular complexity index is 1670. The first kappa shape index (κ1) is 22.3. The molecule has 1 aliphatic rings. The van der Waals surface area contributed by atoms with Crippen molar-refractivity contribution in [3.63, 3.8) is 0 Å². The molecule has 0 saturated carbocycles. The third-order valence-electron chi connectivity index (χ3n) is 7.81. The van der Waals surface area contributed by atoms with Crippen molar-refractivity contribution in [2.45, 2.75) is 26.2 Å². The largest absolute Gasteiger partial charge is 0.0985 e. The molecule has 0 heteroatoms. The third-order valence-corrected chi connectivity index (χ3v) is 7.81. The van der Waals surface area contributed by atoms with E-state index in [4.69, 9.17) is 0 Å². The van der Waals surface area contributed by atoms with Crippen LogP contribution in [0.5, 0.6) is 0 Å². The van der Waals surface area contributed by atoms with Crippen molar-refractivity contribution in [1.82, 2.24) is 0 Å². The van der Waals surface area contributed by atoms with Gasteiger partial charge in [0.25, 0.3) is 0 Å². The van der Waals surface area contributed by atoms with Gasteiger partial charge in [0.1, 0.15) is 0 Å². The second-order valence-electron chi connectivity index (χ2n) is 10.2. The number of benzene rings is 5. The molecule has 0 aliphatic heterocycles. The van der Waals surface area contributed by atoms with Gasteiger partial charge < -0.3 is 0 Å². The lowest BCUT2D eigenvalue weighted by Gasteiger charge is -2.22. The first-order valence-electron chi connectivity index (χ1n) is 12.7. The minimum atomic E-state index is -0.0202. The van der Waals surface area contributed by atoms with Gasteiger partial charge in [0.2, 0.25) is 0 Å². The highest BCUT2D eigenvalue weighted by Crippen LogP contribution is 2.49. The molecule has 6 rings (SSSR count). The van der Waals surface area contributed by atoms with Crippen LogP contribution in [0.4, 0.5) is 0 Å². The van der Waals surface area contributed by atoms with Crippen molar-refractivity contribution in [1.29, 1.82) is 0 Å². The van der Waals surface area contributed by atoms with Crippen LogP contribution in [-0.2, 0) is 5.41 Å². The van der Waals surface area contributed by atoms with Gasteiger partial charge in [0.15, 0.2) is 0 Å². The lowest BCUT2D eigenvalue weighted by Crippen LogP contribution is -2.14. The summed E-state index contributed by atoms with van der Waals surface area (Å²) < 4.78 is 0. The first-order valence-corrected chi connectivity index (χ1v) is 12.7. The first-order chi connectivity index (χ1) is 17.5. The molecule has 5 aromatic rings. The molecule has 0 unspecified atom stereocenters. The Kier molecular flexibility index (Phi) is 5.27. The van der Waals surface area contributed by atoms with E-state index in [1.165, 1.54) is 60.8 Å². The lowest BCUT2D eigenvalue weighted by molar-refractivity contribution is 0.660. The summed E-state index contributed by atoms with van der Waals surface area (Å²) in [6.07, 6.45) is 4.09. The summed E-state index contributed by atoms with van der Waals surface area (Å²) in [5.41, 5.74) is 12.8. The summed E-state index contributed by atoms with van der Waals surface area (Å²) in [4.78, 5) is 0. The summed E-state index contributed by atoms with van der Waals surface area (Å²) in [6.45, 7) is 10.8. The molecule has 0 N–H and O–H groups in total. The van der Waals surface area contributed by atoms with Gasteiger partial charge in [-0.1, -0.05) is 111 Å². The van der Waals surface area contributed by atoms with E-state index in [-0.39, 0.29) is 5.41 Å². The number of hydrogen-bond donors (Lipinski definition) is 0. The number of fused-ring (bicyclic) bond motifs is 4. The van der Waals surface area contributed by atoms with Crippen LogP contribution in [0.15, 0.2) is 122 Å². The van der Waals surface area contributed by atoms with E-state index in [0.29, 0.717) is 0 Å². The second kappa shape index (κ2) is 8.50. The SMILES string of the molecule is C=C/C(=C\C)c1cc(-c2ccc3c(c2)C(C)(C)c2ccccc2-3)cc(-c2cccc3ccccc23)c1. The van der Waals surface area contributed by atoms with Crippen LogP contribution in [0.3, 0.4) is 0 Å². The molecular formula is C36H30. The van der Waals surface area contributed by atoms with Crippen molar-refractivity contribution in [3.8, 4) is 33.4 Å². The Morgan fingerprint density at radius 2 is 1.33 bits per heavy atom. The summed E-state index contributed by atoms with van der Waals surface area (Å²) >= 11 is 0. The number of rotatable bonds is 4. The van der Waals surface area contributed by atoms with E-state index in [1.807, 2.05) is 6.08 Å². The molecule has 5 aromatic carbocycles. The Morgan fingerprint density at radius 3 is 2.17 bits per heavy atom. The zero-order valence-electron chi connectivity index (χ0n) is 21.2. The zero-order valence-corrected chi connectivity index (χ0v) is 21.2. The average molecular weight is 463 g/mol. The Labute approximate surface area is 214 Å². The molecule has 0 aromatic heterocycles. The van der Waals surface area contributed by atoms with Gasteiger partial charge in [0, 0.05) is 5.41 Å². The van der Waals surface area contributed by atoms with Crippen LogP contribution in [-0.4, -0.2) is 0 Å². The van der Waals surface area contributed by atoms with Gasteiger partial charge in [-0.2, -0.15) is 0 Å². The van der Waals surface area contributed by atoms with Gasteiger partial charge in [0.05, 0.1) is 0 Å². The second-order valence-corrected chi connectivity index (χ2v) is 10.2. The molecule has 1 aliphatic carbocycles. The van der Waals surface area contributed by atoms with Crippen LogP contribution in [0, 0.1) is 0 Å². The zero-order chi connectivity index (χ0) is 24.9. The van der Waals surface area contributed by atoms with Gasteiger partial charge in [-0.15, -0.1) is 0 Å². The van der Waals surface area contributed by atoms with Crippen LogP contribution >= 0.6 is 0 Å². The summed E-state index contributed by atoms with van der Waals surface area (Å²) in [7, 11) is 0. The third kappa shape index (κ3) is 3.45. The highest BCUT2D eigenvalue weighted by molar-refractivity contribution is 5.98. The summed E-state index contributed by atoms with van der Waals surface area (Å²) in [6, 6.07) is 38.0. The smallest absolute Gasteiger partial charge is 0.0159 e. The normalized spacial score (nSPS) is 13.9. The van der Waals surface area contributed by atoms with Crippen molar-refractivity contribution in [2.75, 3.05) is 0 Å². The lowest BCUT2D eigenvalue weighted by atomic mass is 9.81. The fourth-order valence-electron chi connectivity index (χ4n) is 5.88. The van der Waals surface area contributed by atoms with Gasteiger partial charge in [-0.25, -0.2) is 0 Å². The molecule has 174 valence electrons. The molecule has 0 radical (unpaired) electrons. The molecule has 0 nitrogen and oxygen atoms in total. The predicted octanol–water partition coefficient (Wildman–Crippen LogP) is 10.1. The van der Waals surface area contributed by atoms with Crippen molar-refractivity contribution in [2.24, 2.45) is 0 Å². The minimum absolute atomic E-state index is 0.0202. The molecule has 36 heavy (non-hydrogen) atoms. The van der Waals surface area contributed by atoms with Gasteiger partial charge >= 0.3 is 0 Å². The van der Waals surface area contributed by atoms with Gasteiger partial charge in [-0.3, -0.25) is 0 Å². The van der Waals surface area contributed by atoms with E-state index in [9.17, 15) is 0 Å². The van der Waals surface area contributed by atoms with Crippen LogP contribution in [0.25, 0.3) is 49.7 Å². The van der Waals surface area contributed by atoms with Gasteiger partial charge in [-0.05, 0) is 97.6 Å². The topological polar surface area (TPSA) is 0 Å². The molecule has 0 heterocycles. The average Bonchev–Trinajstić information content (AvgIpc) is 3.15. The predicted molar refractivity (Wildman–Crippen MR) is 156 cm³/mol. The molecule has 0 fully saturated rings. The Morgan fingerprint density at radius 1 is 0.639 bits per heavy atom. The van der Waals surface area contributed by atoms with E-state index in [0.717, 1.165) is 5.57 Å². The fourth-order valence-corrected chi connectivity index (χ4v) is 5.88. The maximum absolute atomic E-state index is 4.08.